The molecule has 0 atom stereocenters. The number of H-pyrrole nitrogens is 4. The van der Waals surface area contributed by atoms with E-state index in [0.717, 1.165) is 201 Å². The molecule has 0 fully saturated rings. The number of aromatic nitrogens is 12. The minimum Gasteiger partial charge on any atom is -0.354 e. The fraction of sp³-hybridized carbons (Fsp3) is 0. The van der Waals surface area contributed by atoms with Crippen molar-refractivity contribution < 1.29 is 0 Å². The number of pyridine rings is 4. The van der Waals surface area contributed by atoms with Gasteiger partial charge in [-0.1, -0.05) is 96.5 Å². The van der Waals surface area contributed by atoms with Gasteiger partial charge in [-0.05, 0) is 216 Å². The summed E-state index contributed by atoms with van der Waals surface area (Å²) in [5.41, 5.74) is 29.6. The summed E-state index contributed by atoms with van der Waals surface area (Å²) in [6.07, 6.45) is 31.2. The van der Waals surface area contributed by atoms with Crippen molar-refractivity contribution in [2.45, 2.75) is 0 Å². The van der Waals surface area contributed by atoms with Crippen LogP contribution in [0, 0.1) is 47.4 Å². The molecule has 12 nitrogen and oxygen atoms in total. The van der Waals surface area contributed by atoms with Crippen LogP contribution in [0.4, 0.5) is 0 Å². The van der Waals surface area contributed by atoms with Crippen molar-refractivity contribution in [3.63, 3.8) is 0 Å². The van der Waals surface area contributed by atoms with Gasteiger partial charge in [-0.25, -0.2) is 19.9 Å². The molecule has 480 valence electrons. The highest BCUT2D eigenvalue weighted by molar-refractivity contribution is 6.04. The van der Waals surface area contributed by atoms with Gasteiger partial charge in [-0.15, -0.1) is 0 Å². The summed E-state index contributed by atoms with van der Waals surface area (Å²) in [5.74, 6) is 27.4. The minimum atomic E-state index is 0.732. The number of aromatic amines is 4. The number of hydrogen-bond donors (Lipinski definition) is 4. The molecule has 20 bridgehead atoms. The van der Waals surface area contributed by atoms with Crippen LogP contribution in [0.15, 0.2) is 244 Å². The predicted molar refractivity (Wildman–Crippen MR) is 420 cm³/mol. The van der Waals surface area contributed by atoms with Gasteiger partial charge in [0.15, 0.2) is 0 Å². The number of benzene rings is 4. The molecule has 104 heavy (non-hydrogen) atoms. The molecule has 0 spiro atoms. The highest BCUT2D eigenvalue weighted by Gasteiger charge is 2.24. The number of nitrogens with zero attached hydrogens (tertiary/aromatic N) is 8. The SMILES string of the molecule is C1#Cc2ccccc2-c2c3nc(c(-c4ccncc4)c4ccc([nH]4)c(c4nc(c(-c5ccncc5)c5ccc2[nH]5)C=C4)-c2ccccc2C#CC#Cc2ccccc2-c2c4nc(c(-c5ccncc5)c5ccc([nH]5)c(c5nc(c(-c6ccncc6)c6ccc2[nH]6)C=C5)-c2ccccc2C#C1)C=C4)C=C3. The Hall–Kier alpha value is -15.1. The Kier molecular flexibility index (Phi) is 14.8. The Morgan fingerprint density at radius 3 is 0.587 bits per heavy atom. The zero-order valence-corrected chi connectivity index (χ0v) is 55.3. The molecule has 10 aromatic heterocycles. The van der Waals surface area contributed by atoms with Crippen molar-refractivity contribution in [1.82, 2.24) is 59.8 Å². The lowest BCUT2D eigenvalue weighted by Crippen LogP contribution is -1.92. The second kappa shape index (κ2) is 25.7. The average Bonchev–Trinajstić information content (AvgIpc) is 1.62. The number of nitrogens with one attached hydrogen (secondary N) is 4. The van der Waals surface area contributed by atoms with E-state index in [4.69, 9.17) is 19.9 Å². The summed E-state index contributed by atoms with van der Waals surface area (Å²) in [6, 6.07) is 65.8. The molecular weight excluding hydrogens is 1270 g/mol. The molecule has 0 amide bonds. The van der Waals surface area contributed by atoms with E-state index >= 15 is 0 Å². The second-order valence-electron chi connectivity index (χ2n) is 25.1. The monoisotopic (exact) mass is 1320 g/mol. The summed E-state index contributed by atoms with van der Waals surface area (Å²) in [4.78, 5) is 55.9. The van der Waals surface area contributed by atoms with E-state index in [9.17, 15) is 0 Å². The highest BCUT2D eigenvalue weighted by atomic mass is 14.8. The topological polar surface area (TPSA) is 166 Å². The minimum absolute atomic E-state index is 0.732. The number of fused-ring (bicyclic) bond motifs is 20. The van der Waals surface area contributed by atoms with Gasteiger partial charge < -0.3 is 19.9 Å². The molecule has 0 saturated heterocycles. The molecule has 4 aromatic carbocycles. The number of hydrogen-bond acceptors (Lipinski definition) is 8. The van der Waals surface area contributed by atoms with Crippen LogP contribution in [0.3, 0.4) is 0 Å². The molecule has 5 aliphatic heterocycles. The van der Waals surface area contributed by atoms with Crippen LogP contribution in [0.25, 0.3) is 182 Å². The van der Waals surface area contributed by atoms with Crippen molar-refractivity contribution in [3.8, 4) is 136 Å². The van der Waals surface area contributed by atoms with E-state index in [0.29, 0.717) is 0 Å². The first kappa shape index (κ1) is 60.1. The summed E-state index contributed by atoms with van der Waals surface area (Å²) in [7, 11) is 0. The zero-order valence-electron chi connectivity index (χ0n) is 55.3. The molecule has 0 aliphatic carbocycles. The number of rotatable bonds is 4. The van der Waals surface area contributed by atoms with Gasteiger partial charge in [0.1, 0.15) is 0 Å². The average molecular weight is 1330 g/mol. The lowest BCUT2D eigenvalue weighted by Gasteiger charge is -2.09. The van der Waals surface area contributed by atoms with Crippen LogP contribution in [-0.4, -0.2) is 59.8 Å². The third kappa shape index (κ3) is 10.9. The molecule has 12 heteroatoms. The van der Waals surface area contributed by atoms with Crippen LogP contribution in [-0.2, 0) is 0 Å². The van der Waals surface area contributed by atoms with E-state index in [-0.39, 0.29) is 0 Å². The molecule has 5 aliphatic rings. The molecule has 0 unspecified atom stereocenters. The molecule has 19 rings (SSSR count). The maximum absolute atomic E-state index is 5.61. The third-order valence-electron chi connectivity index (χ3n) is 19.1. The lowest BCUT2D eigenvalue weighted by atomic mass is 9.98. The van der Waals surface area contributed by atoms with E-state index in [1.54, 1.807) is 0 Å². The van der Waals surface area contributed by atoms with Crippen molar-refractivity contribution in [2.75, 3.05) is 0 Å². The first-order valence-electron chi connectivity index (χ1n) is 33.9. The molecule has 0 saturated carbocycles. The van der Waals surface area contributed by atoms with E-state index in [1.165, 1.54) is 0 Å². The lowest BCUT2D eigenvalue weighted by molar-refractivity contribution is 1.29. The molecule has 0 radical (unpaired) electrons. The van der Waals surface area contributed by atoms with Crippen LogP contribution in [0.2, 0.25) is 0 Å². The Morgan fingerprint density at radius 2 is 0.375 bits per heavy atom. The van der Waals surface area contributed by atoms with Crippen molar-refractivity contribution in [3.05, 3.63) is 312 Å². The molecule has 4 N–H and O–H groups in total. The smallest absolute Gasteiger partial charge is 0.0737 e. The highest BCUT2D eigenvalue weighted by Crippen LogP contribution is 2.43. The normalized spacial score (nSPS) is 12.1. The van der Waals surface area contributed by atoms with E-state index < -0.39 is 0 Å². The Bertz CT molecular complexity index is 5920. The van der Waals surface area contributed by atoms with Gasteiger partial charge in [0.2, 0.25) is 0 Å². The second-order valence-corrected chi connectivity index (χ2v) is 25.1. The Balaban J connectivity index is 0.938. The predicted octanol–water partition coefficient (Wildman–Crippen LogP) is 19.7. The van der Waals surface area contributed by atoms with Crippen LogP contribution in [0.1, 0.15) is 67.8 Å². The maximum Gasteiger partial charge on any atom is 0.0737 e. The van der Waals surface area contributed by atoms with Crippen LogP contribution < -0.4 is 0 Å². The summed E-state index contributed by atoms with van der Waals surface area (Å²) < 4.78 is 0. The fourth-order valence-corrected chi connectivity index (χ4v) is 14.5. The third-order valence-corrected chi connectivity index (χ3v) is 19.1. The van der Waals surface area contributed by atoms with Gasteiger partial charge in [0, 0.05) is 183 Å². The van der Waals surface area contributed by atoms with Crippen molar-refractivity contribution in [2.24, 2.45) is 0 Å². The Labute approximate surface area is 596 Å². The van der Waals surface area contributed by atoms with E-state index in [1.807, 2.05) is 171 Å². The van der Waals surface area contributed by atoms with Gasteiger partial charge in [-0.3, -0.25) is 19.9 Å². The molecule has 15 heterocycles. The molecular formula is C92H52N12. The summed E-state index contributed by atoms with van der Waals surface area (Å²) in [6.45, 7) is 0. The quantitative estimate of drug-likeness (QED) is 0.126. The molecule has 14 aromatic rings. The fourth-order valence-electron chi connectivity index (χ4n) is 14.5. The van der Waals surface area contributed by atoms with Gasteiger partial charge in [0.25, 0.3) is 0 Å². The van der Waals surface area contributed by atoms with Crippen LogP contribution in [0.5, 0.6) is 0 Å². The Morgan fingerprint density at radius 1 is 0.192 bits per heavy atom. The first-order valence-corrected chi connectivity index (χ1v) is 33.9. The van der Waals surface area contributed by atoms with Gasteiger partial charge in [0.05, 0.1) is 45.6 Å². The van der Waals surface area contributed by atoms with Gasteiger partial charge >= 0.3 is 0 Å². The first-order chi connectivity index (χ1) is 51.6. The van der Waals surface area contributed by atoms with Crippen LogP contribution >= 0.6 is 0 Å². The standard InChI is InChI=1S/C92H52N12/c1-2-14-58-18-6-10-22-66(58)90-79-35-27-71(99-79)87(63-45-53-95-54-46-63)75-31-39-83(103-75)92(84-40-32-76(104-84)88(64-47-55-96-56-48-64)72-28-36-80(90)100-72)68-24-12-8-20-60(68)16-4-3-15-59-19-7-11-23-67(59)91-81-37-29-73(101-81)85(61-41-49-93-50-42-61)69-25-33-77(97-69)89(65-21-9-5-17-57(65)13-1)78-34-26-70(98-78)86(62-43-51-94-52-44-62)74-30-38-82(91)102-74/h5-12,17-56,97,99,102,104H. The van der Waals surface area contributed by atoms with Crippen molar-refractivity contribution >= 4 is 92.7 Å². The summed E-state index contributed by atoms with van der Waals surface area (Å²) >= 11 is 0. The van der Waals surface area contributed by atoms with E-state index in [2.05, 4.69) is 209 Å². The zero-order chi connectivity index (χ0) is 68.9. The van der Waals surface area contributed by atoms with Gasteiger partial charge in [-0.2, -0.15) is 0 Å². The largest absolute Gasteiger partial charge is 0.354 e. The summed E-state index contributed by atoms with van der Waals surface area (Å²) in [5, 5.41) is 0. The van der Waals surface area contributed by atoms with Crippen molar-refractivity contribution in [1.29, 1.82) is 0 Å². The maximum atomic E-state index is 5.61.